The minimum atomic E-state index is 0.444. The molecule has 1 fully saturated rings. The van der Waals surface area contributed by atoms with E-state index in [-0.39, 0.29) is 0 Å². The quantitative estimate of drug-likeness (QED) is 0.814. The van der Waals surface area contributed by atoms with Crippen molar-refractivity contribution in [3.63, 3.8) is 0 Å². The summed E-state index contributed by atoms with van der Waals surface area (Å²) in [5.41, 5.74) is 10.5. The highest BCUT2D eigenvalue weighted by molar-refractivity contribution is 5.35. The summed E-state index contributed by atoms with van der Waals surface area (Å²) in [6, 6.07) is 7.44. The van der Waals surface area contributed by atoms with Gasteiger partial charge in [0.2, 0.25) is 0 Å². The molecule has 0 atom stereocenters. The molecule has 2 rings (SSSR count). The van der Waals surface area contributed by atoms with E-state index in [9.17, 15) is 0 Å². The molecule has 0 bridgehead atoms. The average molecular weight is 231 g/mol. The van der Waals surface area contributed by atoms with Crippen LogP contribution in [0, 0.1) is 6.92 Å². The molecule has 0 aliphatic heterocycles. The second kappa shape index (κ2) is 5.22. The van der Waals surface area contributed by atoms with Crippen molar-refractivity contribution in [3.05, 3.63) is 34.9 Å². The van der Waals surface area contributed by atoms with Crippen molar-refractivity contribution in [3.8, 4) is 0 Å². The summed E-state index contributed by atoms with van der Waals surface area (Å²) in [7, 11) is 0. The predicted octanol–water partition coefficient (Wildman–Crippen LogP) is 4.10. The second-order valence-corrected chi connectivity index (χ2v) is 5.88. The fraction of sp³-hybridized carbons (Fsp3) is 0.625. The van der Waals surface area contributed by atoms with Crippen LogP contribution in [0.1, 0.15) is 68.1 Å². The zero-order valence-corrected chi connectivity index (χ0v) is 11.4. The molecule has 1 aromatic carbocycles. The minimum absolute atomic E-state index is 0.444. The van der Waals surface area contributed by atoms with Gasteiger partial charge in [0.05, 0.1) is 0 Å². The Bertz CT molecular complexity index is 373. The topological polar surface area (TPSA) is 26.0 Å². The lowest BCUT2D eigenvalue weighted by atomic mass is 9.79. The zero-order chi connectivity index (χ0) is 12.4. The lowest BCUT2D eigenvalue weighted by molar-refractivity contribution is 0.394. The largest absolute Gasteiger partial charge is 0.328 e. The smallest absolute Gasteiger partial charge is 0.00392 e. The van der Waals surface area contributed by atoms with E-state index in [1.165, 1.54) is 36.8 Å². The minimum Gasteiger partial charge on any atom is -0.328 e. The highest BCUT2D eigenvalue weighted by Gasteiger charge is 2.21. The number of hydrogen-bond acceptors (Lipinski definition) is 1. The molecule has 1 nitrogen and oxygen atoms in total. The van der Waals surface area contributed by atoms with Crippen LogP contribution in [0.5, 0.6) is 0 Å². The third-order valence-electron chi connectivity index (χ3n) is 4.18. The molecule has 1 aromatic rings. The summed E-state index contributed by atoms with van der Waals surface area (Å²) in [5, 5.41) is 0. The maximum atomic E-state index is 5.99. The molecule has 1 aliphatic rings. The van der Waals surface area contributed by atoms with Crippen molar-refractivity contribution in [2.75, 3.05) is 0 Å². The van der Waals surface area contributed by atoms with Gasteiger partial charge in [0.1, 0.15) is 0 Å². The molecule has 0 heterocycles. The molecule has 0 saturated heterocycles. The molecule has 0 aromatic heterocycles. The Morgan fingerprint density at radius 1 is 1.12 bits per heavy atom. The number of hydrogen-bond donors (Lipinski definition) is 1. The van der Waals surface area contributed by atoms with Crippen molar-refractivity contribution < 1.29 is 0 Å². The van der Waals surface area contributed by atoms with E-state index in [0.717, 1.165) is 5.92 Å². The van der Waals surface area contributed by atoms with Crippen molar-refractivity contribution in [2.24, 2.45) is 5.73 Å². The number of aryl methyl sites for hydroxylation is 1. The normalized spacial score (nSPS) is 25.2. The van der Waals surface area contributed by atoms with Crippen molar-refractivity contribution in [1.29, 1.82) is 0 Å². The van der Waals surface area contributed by atoms with Gasteiger partial charge in [-0.3, -0.25) is 0 Å². The van der Waals surface area contributed by atoms with E-state index in [2.05, 4.69) is 39.0 Å². The van der Waals surface area contributed by atoms with Gasteiger partial charge in [0, 0.05) is 6.04 Å². The molecule has 94 valence electrons. The first-order valence-electron chi connectivity index (χ1n) is 6.94. The molecule has 1 aliphatic carbocycles. The summed E-state index contributed by atoms with van der Waals surface area (Å²) in [4.78, 5) is 0. The van der Waals surface area contributed by atoms with Crippen LogP contribution in [0.4, 0.5) is 0 Å². The summed E-state index contributed by atoms with van der Waals surface area (Å²) >= 11 is 0. The lowest BCUT2D eigenvalue weighted by Crippen LogP contribution is -2.26. The number of rotatable bonds is 2. The molecular weight excluding hydrogens is 206 g/mol. The van der Waals surface area contributed by atoms with Gasteiger partial charge in [-0.05, 0) is 61.1 Å². The van der Waals surface area contributed by atoms with Crippen LogP contribution in [-0.4, -0.2) is 6.04 Å². The van der Waals surface area contributed by atoms with Crippen LogP contribution in [0.3, 0.4) is 0 Å². The van der Waals surface area contributed by atoms with Gasteiger partial charge in [-0.1, -0.05) is 32.0 Å². The van der Waals surface area contributed by atoms with Gasteiger partial charge in [-0.25, -0.2) is 0 Å². The summed E-state index contributed by atoms with van der Waals surface area (Å²) in [6.45, 7) is 6.78. The summed E-state index contributed by atoms with van der Waals surface area (Å²) in [5.74, 6) is 1.37. The van der Waals surface area contributed by atoms with E-state index in [1.807, 2.05) is 0 Å². The first kappa shape index (κ1) is 12.6. The lowest BCUT2D eigenvalue weighted by Gasteiger charge is -2.28. The van der Waals surface area contributed by atoms with Crippen LogP contribution in [0.15, 0.2) is 18.2 Å². The summed E-state index contributed by atoms with van der Waals surface area (Å²) in [6.07, 6.45) is 4.92. The number of benzene rings is 1. The van der Waals surface area contributed by atoms with E-state index in [0.29, 0.717) is 12.0 Å². The Hall–Kier alpha value is -0.820. The maximum absolute atomic E-state index is 5.99. The predicted molar refractivity (Wildman–Crippen MR) is 74.5 cm³/mol. The van der Waals surface area contributed by atoms with E-state index < -0.39 is 0 Å². The molecule has 0 amide bonds. The van der Waals surface area contributed by atoms with Crippen molar-refractivity contribution in [2.45, 2.75) is 64.3 Å². The molecule has 2 N–H and O–H groups in total. The van der Waals surface area contributed by atoms with Crippen LogP contribution >= 0.6 is 0 Å². The van der Waals surface area contributed by atoms with Crippen LogP contribution in [-0.2, 0) is 0 Å². The van der Waals surface area contributed by atoms with Gasteiger partial charge in [-0.2, -0.15) is 0 Å². The fourth-order valence-corrected chi connectivity index (χ4v) is 2.89. The Morgan fingerprint density at radius 3 is 2.35 bits per heavy atom. The highest BCUT2D eigenvalue weighted by atomic mass is 14.6. The maximum Gasteiger partial charge on any atom is 0.00392 e. The standard InChI is InChI=1S/C16H25N/c1-11(2)14-5-4-12(3)16(10-14)13-6-8-15(17)9-7-13/h4-5,10-11,13,15H,6-9,17H2,1-3H3. The third-order valence-corrected chi connectivity index (χ3v) is 4.18. The first-order chi connectivity index (χ1) is 8.08. The van der Waals surface area contributed by atoms with Crippen LogP contribution < -0.4 is 5.73 Å². The van der Waals surface area contributed by atoms with Crippen molar-refractivity contribution >= 4 is 0 Å². The van der Waals surface area contributed by atoms with E-state index >= 15 is 0 Å². The Kier molecular flexibility index (Phi) is 3.88. The molecule has 0 radical (unpaired) electrons. The fourth-order valence-electron chi connectivity index (χ4n) is 2.89. The van der Waals surface area contributed by atoms with Gasteiger partial charge >= 0.3 is 0 Å². The highest BCUT2D eigenvalue weighted by Crippen LogP contribution is 2.35. The van der Waals surface area contributed by atoms with Gasteiger partial charge in [-0.15, -0.1) is 0 Å². The second-order valence-electron chi connectivity index (χ2n) is 5.88. The monoisotopic (exact) mass is 231 g/mol. The third kappa shape index (κ3) is 2.90. The average Bonchev–Trinajstić information content (AvgIpc) is 2.31. The first-order valence-corrected chi connectivity index (χ1v) is 6.94. The van der Waals surface area contributed by atoms with Gasteiger partial charge in [0.15, 0.2) is 0 Å². The van der Waals surface area contributed by atoms with E-state index in [4.69, 9.17) is 5.73 Å². The van der Waals surface area contributed by atoms with E-state index in [1.54, 1.807) is 5.56 Å². The SMILES string of the molecule is Cc1ccc(C(C)C)cc1C1CCC(N)CC1. The molecule has 1 saturated carbocycles. The van der Waals surface area contributed by atoms with Crippen LogP contribution in [0.25, 0.3) is 0 Å². The Balaban J connectivity index is 2.22. The number of nitrogens with two attached hydrogens (primary N) is 1. The Morgan fingerprint density at radius 2 is 1.76 bits per heavy atom. The molecule has 0 unspecified atom stereocenters. The van der Waals surface area contributed by atoms with Crippen LogP contribution in [0.2, 0.25) is 0 Å². The molecule has 0 spiro atoms. The van der Waals surface area contributed by atoms with Crippen molar-refractivity contribution in [1.82, 2.24) is 0 Å². The molecule has 17 heavy (non-hydrogen) atoms. The van der Waals surface area contributed by atoms with Gasteiger partial charge < -0.3 is 5.73 Å². The van der Waals surface area contributed by atoms with Gasteiger partial charge in [0.25, 0.3) is 0 Å². The molecular formula is C16H25N. The zero-order valence-electron chi connectivity index (χ0n) is 11.4. The summed E-state index contributed by atoms with van der Waals surface area (Å²) < 4.78 is 0. The Labute approximate surface area is 105 Å². The molecule has 1 heteroatoms.